The Balaban J connectivity index is 2.06. The lowest BCUT2D eigenvalue weighted by Crippen LogP contribution is -2.54. The molecule has 102 valence electrons. The molecule has 1 saturated carbocycles. The van der Waals surface area contributed by atoms with E-state index in [1.165, 1.54) is 0 Å². The first-order chi connectivity index (χ1) is 8.58. The molecule has 2 aliphatic rings. The highest BCUT2D eigenvalue weighted by atomic mass is 16.5. The molecule has 2 fully saturated rings. The van der Waals surface area contributed by atoms with Crippen molar-refractivity contribution in [3.63, 3.8) is 0 Å². The quantitative estimate of drug-likeness (QED) is 0.735. The Hall–Kier alpha value is -1.10. The average Bonchev–Trinajstić information content (AvgIpc) is 2.63. The van der Waals surface area contributed by atoms with Gasteiger partial charge in [0.05, 0.1) is 13.2 Å². The molecule has 1 heterocycles. The molecule has 18 heavy (non-hydrogen) atoms. The van der Waals surface area contributed by atoms with Crippen LogP contribution in [0.3, 0.4) is 0 Å². The van der Waals surface area contributed by atoms with E-state index < -0.39 is 5.54 Å². The van der Waals surface area contributed by atoms with Gasteiger partial charge in [0.25, 0.3) is 5.91 Å². The number of guanidine groups is 1. The number of aliphatic imine (C=N–C) groups is 1. The summed E-state index contributed by atoms with van der Waals surface area (Å²) in [4.78, 5) is 16.5. The molecule has 5 heteroatoms. The van der Waals surface area contributed by atoms with Crippen LogP contribution in [0.25, 0.3) is 0 Å². The molecule has 1 spiro atoms. The Morgan fingerprint density at radius 2 is 2.28 bits per heavy atom. The van der Waals surface area contributed by atoms with Crippen LogP contribution < -0.4 is 10.6 Å². The maximum Gasteiger partial charge on any atom is 0.252 e. The summed E-state index contributed by atoms with van der Waals surface area (Å²) in [5.74, 6) is 1.74. The van der Waals surface area contributed by atoms with Crippen molar-refractivity contribution >= 4 is 11.9 Å². The predicted octanol–water partition coefficient (Wildman–Crippen LogP) is 0.903. The summed E-state index contributed by atoms with van der Waals surface area (Å²) >= 11 is 0. The Kier molecular flexibility index (Phi) is 3.90. The highest BCUT2D eigenvalue weighted by Crippen LogP contribution is 2.38. The van der Waals surface area contributed by atoms with Crippen molar-refractivity contribution in [2.45, 2.75) is 38.6 Å². The minimum atomic E-state index is -0.432. The smallest absolute Gasteiger partial charge is 0.252 e. The Labute approximate surface area is 108 Å². The van der Waals surface area contributed by atoms with Gasteiger partial charge in [0.15, 0.2) is 5.96 Å². The summed E-state index contributed by atoms with van der Waals surface area (Å²) in [6, 6.07) is 0. The molecule has 0 aromatic heterocycles. The Morgan fingerprint density at radius 1 is 1.50 bits per heavy atom. The van der Waals surface area contributed by atoms with Crippen molar-refractivity contribution in [1.29, 1.82) is 0 Å². The molecule has 0 aromatic carbocycles. The molecule has 3 unspecified atom stereocenters. The molecule has 0 radical (unpaired) electrons. The highest BCUT2D eigenvalue weighted by molar-refractivity contribution is 6.09. The summed E-state index contributed by atoms with van der Waals surface area (Å²) < 4.78 is 4.95. The summed E-state index contributed by atoms with van der Waals surface area (Å²) in [5, 5.41) is 6.18. The summed E-state index contributed by atoms with van der Waals surface area (Å²) in [6.45, 7) is 5.55. The van der Waals surface area contributed by atoms with Gasteiger partial charge in [-0.1, -0.05) is 13.8 Å². The van der Waals surface area contributed by atoms with E-state index in [4.69, 9.17) is 4.74 Å². The van der Waals surface area contributed by atoms with E-state index in [9.17, 15) is 4.79 Å². The molecule has 1 amide bonds. The summed E-state index contributed by atoms with van der Waals surface area (Å²) in [5.41, 5.74) is -0.432. The van der Waals surface area contributed by atoms with Gasteiger partial charge in [0.1, 0.15) is 5.54 Å². The van der Waals surface area contributed by atoms with Gasteiger partial charge < -0.3 is 10.1 Å². The van der Waals surface area contributed by atoms with Gasteiger partial charge in [-0.15, -0.1) is 0 Å². The van der Waals surface area contributed by atoms with Crippen LogP contribution in [0.5, 0.6) is 0 Å². The summed E-state index contributed by atoms with van der Waals surface area (Å²) in [7, 11) is 1.65. The highest BCUT2D eigenvalue weighted by Gasteiger charge is 2.51. The van der Waals surface area contributed by atoms with Gasteiger partial charge in [0, 0.05) is 7.11 Å². The van der Waals surface area contributed by atoms with E-state index in [-0.39, 0.29) is 5.91 Å². The van der Waals surface area contributed by atoms with Gasteiger partial charge >= 0.3 is 0 Å². The fourth-order valence-corrected chi connectivity index (χ4v) is 3.01. The van der Waals surface area contributed by atoms with Crippen molar-refractivity contribution in [3.8, 4) is 0 Å². The number of amides is 1. The zero-order valence-corrected chi connectivity index (χ0v) is 11.5. The molecule has 1 aliphatic heterocycles. The fourth-order valence-electron chi connectivity index (χ4n) is 3.01. The van der Waals surface area contributed by atoms with Crippen molar-refractivity contribution in [2.24, 2.45) is 16.8 Å². The largest absolute Gasteiger partial charge is 0.383 e. The van der Waals surface area contributed by atoms with E-state index >= 15 is 0 Å². The van der Waals surface area contributed by atoms with Gasteiger partial charge in [-0.3, -0.25) is 15.1 Å². The van der Waals surface area contributed by atoms with Crippen LogP contribution in [0.1, 0.15) is 33.1 Å². The van der Waals surface area contributed by atoms with Gasteiger partial charge in [-0.05, 0) is 31.1 Å². The molecular formula is C13H23N3O2. The molecular weight excluding hydrogens is 230 g/mol. The first-order valence-corrected chi connectivity index (χ1v) is 6.71. The topological polar surface area (TPSA) is 62.7 Å². The second-order valence-corrected chi connectivity index (χ2v) is 5.55. The molecule has 2 rings (SSSR count). The molecule has 0 bridgehead atoms. The van der Waals surface area contributed by atoms with Crippen molar-refractivity contribution in [2.75, 3.05) is 20.3 Å². The number of rotatable bonds is 3. The van der Waals surface area contributed by atoms with Crippen LogP contribution in [0.2, 0.25) is 0 Å². The second kappa shape index (κ2) is 5.26. The van der Waals surface area contributed by atoms with Gasteiger partial charge in [-0.2, -0.15) is 0 Å². The number of nitrogens with zero attached hydrogens (tertiary/aromatic N) is 1. The Morgan fingerprint density at radius 3 is 2.94 bits per heavy atom. The average molecular weight is 253 g/mol. The molecule has 3 atom stereocenters. The van der Waals surface area contributed by atoms with E-state index in [2.05, 4.69) is 29.5 Å². The lowest BCUT2D eigenvalue weighted by atomic mass is 9.70. The van der Waals surface area contributed by atoms with Crippen LogP contribution in [-0.2, 0) is 9.53 Å². The number of ether oxygens (including phenoxy) is 1. The van der Waals surface area contributed by atoms with Crippen LogP contribution in [0.15, 0.2) is 4.99 Å². The van der Waals surface area contributed by atoms with Crippen LogP contribution >= 0.6 is 0 Å². The standard InChI is InChI=1S/C13H23N3O2/c1-9-4-5-13(10(2)8-9)11(17)15-12(16-13)14-6-7-18-3/h9-10H,4-8H2,1-3H3,(H2,14,15,16,17). The zero-order chi connectivity index (χ0) is 13.2. The van der Waals surface area contributed by atoms with Crippen LogP contribution in [0, 0.1) is 11.8 Å². The fraction of sp³-hybridized carbons (Fsp3) is 0.846. The first kappa shape index (κ1) is 13.3. The second-order valence-electron chi connectivity index (χ2n) is 5.55. The number of methoxy groups -OCH3 is 1. The first-order valence-electron chi connectivity index (χ1n) is 6.71. The predicted molar refractivity (Wildman–Crippen MR) is 70.4 cm³/mol. The molecule has 2 N–H and O–H groups in total. The van der Waals surface area contributed by atoms with Crippen molar-refractivity contribution in [3.05, 3.63) is 0 Å². The van der Waals surface area contributed by atoms with Crippen molar-refractivity contribution in [1.82, 2.24) is 10.6 Å². The van der Waals surface area contributed by atoms with Gasteiger partial charge in [-0.25, -0.2) is 0 Å². The SMILES string of the molecule is COCCN=C1NC(=O)C2(CCC(C)CC2C)N1. The maximum absolute atomic E-state index is 12.2. The van der Waals surface area contributed by atoms with Gasteiger partial charge in [0.2, 0.25) is 0 Å². The van der Waals surface area contributed by atoms with Crippen LogP contribution in [-0.4, -0.2) is 37.7 Å². The molecule has 5 nitrogen and oxygen atoms in total. The lowest BCUT2D eigenvalue weighted by Gasteiger charge is -2.39. The van der Waals surface area contributed by atoms with Crippen LogP contribution in [0.4, 0.5) is 0 Å². The van der Waals surface area contributed by atoms with E-state index in [0.717, 1.165) is 19.3 Å². The van der Waals surface area contributed by atoms with E-state index in [1.807, 2.05) is 0 Å². The van der Waals surface area contributed by atoms with E-state index in [1.54, 1.807) is 7.11 Å². The number of carbonyl (C=O) groups excluding carboxylic acids is 1. The molecule has 1 aliphatic carbocycles. The number of nitrogens with one attached hydrogen (secondary N) is 2. The zero-order valence-electron chi connectivity index (χ0n) is 11.5. The number of hydrogen-bond donors (Lipinski definition) is 2. The normalized spacial score (nSPS) is 37.9. The van der Waals surface area contributed by atoms with Crippen molar-refractivity contribution < 1.29 is 9.53 Å². The third kappa shape index (κ3) is 2.36. The molecule has 1 saturated heterocycles. The Bertz CT molecular complexity index is 356. The lowest BCUT2D eigenvalue weighted by molar-refractivity contribution is -0.127. The number of carbonyl (C=O) groups is 1. The minimum Gasteiger partial charge on any atom is -0.383 e. The maximum atomic E-state index is 12.2. The monoisotopic (exact) mass is 253 g/mol. The minimum absolute atomic E-state index is 0.0815. The third-order valence-corrected chi connectivity index (χ3v) is 4.17. The van der Waals surface area contributed by atoms with E-state index in [0.29, 0.717) is 30.9 Å². The number of hydrogen-bond acceptors (Lipinski definition) is 3. The molecule has 0 aromatic rings. The third-order valence-electron chi connectivity index (χ3n) is 4.17. The summed E-state index contributed by atoms with van der Waals surface area (Å²) in [6.07, 6.45) is 3.08.